The maximum Gasteiger partial charge on any atom is 0.0374 e. The lowest BCUT2D eigenvalue weighted by molar-refractivity contribution is 0.559. The molecule has 0 aliphatic heterocycles. The fourth-order valence-corrected chi connectivity index (χ4v) is 1.38. The van der Waals surface area contributed by atoms with Gasteiger partial charge in [-0.05, 0) is 30.9 Å². The summed E-state index contributed by atoms with van der Waals surface area (Å²) in [4.78, 5) is 0. The van der Waals surface area contributed by atoms with Gasteiger partial charge in [0.25, 0.3) is 0 Å². The van der Waals surface area contributed by atoms with Crippen molar-refractivity contribution in [3.63, 3.8) is 0 Å². The zero-order chi connectivity index (χ0) is 10.6. The van der Waals surface area contributed by atoms with Crippen LogP contribution in [-0.4, -0.2) is 6.04 Å². The van der Waals surface area contributed by atoms with Crippen molar-refractivity contribution in [1.82, 2.24) is 0 Å². The van der Waals surface area contributed by atoms with Gasteiger partial charge in [0, 0.05) is 11.7 Å². The van der Waals surface area contributed by atoms with E-state index < -0.39 is 0 Å². The van der Waals surface area contributed by atoms with Crippen LogP contribution in [0.25, 0.3) is 0 Å². The predicted molar refractivity (Wildman–Crippen MR) is 63.7 cm³/mol. The van der Waals surface area contributed by atoms with Crippen LogP contribution < -0.4 is 5.32 Å². The van der Waals surface area contributed by atoms with E-state index in [9.17, 15) is 0 Å². The molecule has 1 heteroatoms. The number of hydrogen-bond acceptors (Lipinski definition) is 1. The maximum absolute atomic E-state index is 3.56. The highest BCUT2D eigenvalue weighted by Crippen LogP contribution is 2.18. The van der Waals surface area contributed by atoms with E-state index in [1.807, 2.05) is 0 Å². The summed E-state index contributed by atoms with van der Waals surface area (Å²) in [5.74, 6) is 0.667. The molecule has 1 N–H and O–H groups in total. The van der Waals surface area contributed by atoms with Gasteiger partial charge in [-0.3, -0.25) is 0 Å². The first-order chi connectivity index (χ1) is 6.65. The van der Waals surface area contributed by atoms with Crippen LogP contribution >= 0.6 is 0 Å². The minimum atomic E-state index is 0.530. The second kappa shape index (κ2) is 5.04. The Labute approximate surface area is 87.5 Å². The van der Waals surface area contributed by atoms with Crippen molar-refractivity contribution in [1.29, 1.82) is 0 Å². The molecule has 78 valence electrons. The molecule has 1 unspecified atom stereocenters. The standard InChI is InChI=1S/C13H21N/c1-5-12-8-6-7-9-13(12)14-11(4)10(2)3/h6-11,14H,5H2,1-4H3. The number of hydrogen-bond donors (Lipinski definition) is 1. The van der Waals surface area contributed by atoms with E-state index in [-0.39, 0.29) is 0 Å². The molecule has 0 aliphatic rings. The third-order valence-corrected chi connectivity index (χ3v) is 2.78. The fraction of sp³-hybridized carbons (Fsp3) is 0.538. The van der Waals surface area contributed by atoms with Crippen molar-refractivity contribution in [2.75, 3.05) is 5.32 Å². The summed E-state index contributed by atoms with van der Waals surface area (Å²) in [5, 5.41) is 3.56. The highest BCUT2D eigenvalue weighted by atomic mass is 14.9. The lowest BCUT2D eigenvalue weighted by atomic mass is 10.0. The largest absolute Gasteiger partial charge is 0.382 e. The molecule has 1 aromatic rings. The highest BCUT2D eigenvalue weighted by Gasteiger charge is 2.07. The summed E-state index contributed by atoms with van der Waals surface area (Å²) in [5.41, 5.74) is 2.69. The Morgan fingerprint density at radius 2 is 1.79 bits per heavy atom. The molecular formula is C13H21N. The number of para-hydroxylation sites is 1. The molecule has 0 bridgehead atoms. The van der Waals surface area contributed by atoms with E-state index in [1.165, 1.54) is 11.3 Å². The van der Waals surface area contributed by atoms with Gasteiger partial charge in [-0.2, -0.15) is 0 Å². The van der Waals surface area contributed by atoms with Crippen molar-refractivity contribution in [2.45, 2.75) is 40.2 Å². The molecule has 0 saturated heterocycles. The van der Waals surface area contributed by atoms with E-state index >= 15 is 0 Å². The molecule has 0 radical (unpaired) electrons. The molecule has 1 aromatic carbocycles. The van der Waals surface area contributed by atoms with E-state index in [1.54, 1.807) is 0 Å². The first-order valence-corrected chi connectivity index (χ1v) is 5.49. The molecule has 1 nitrogen and oxygen atoms in total. The normalized spacial score (nSPS) is 12.9. The van der Waals surface area contributed by atoms with Gasteiger partial charge in [0.05, 0.1) is 0 Å². The molecule has 0 spiro atoms. The number of anilines is 1. The Morgan fingerprint density at radius 3 is 2.36 bits per heavy atom. The minimum absolute atomic E-state index is 0.530. The number of rotatable bonds is 4. The second-order valence-corrected chi connectivity index (χ2v) is 4.19. The van der Waals surface area contributed by atoms with Gasteiger partial charge in [-0.1, -0.05) is 39.0 Å². The molecule has 0 aliphatic carbocycles. The fourth-order valence-electron chi connectivity index (χ4n) is 1.38. The molecule has 0 amide bonds. The van der Waals surface area contributed by atoms with Crippen molar-refractivity contribution >= 4 is 5.69 Å². The minimum Gasteiger partial charge on any atom is -0.382 e. The van der Waals surface area contributed by atoms with E-state index in [2.05, 4.69) is 57.3 Å². The summed E-state index contributed by atoms with van der Waals surface area (Å²) < 4.78 is 0. The number of aryl methyl sites for hydroxylation is 1. The molecule has 0 aromatic heterocycles. The molecule has 0 fully saturated rings. The van der Waals surface area contributed by atoms with Crippen LogP contribution in [0, 0.1) is 5.92 Å². The van der Waals surface area contributed by atoms with Crippen LogP contribution in [0.3, 0.4) is 0 Å². The average Bonchev–Trinajstić information content (AvgIpc) is 2.18. The van der Waals surface area contributed by atoms with Crippen molar-refractivity contribution in [2.24, 2.45) is 5.92 Å². The van der Waals surface area contributed by atoms with Crippen LogP contribution in [0.1, 0.15) is 33.3 Å². The summed E-state index contributed by atoms with van der Waals surface area (Å²) >= 11 is 0. The summed E-state index contributed by atoms with van der Waals surface area (Å²) in [6, 6.07) is 9.08. The lowest BCUT2D eigenvalue weighted by Gasteiger charge is -2.20. The van der Waals surface area contributed by atoms with Gasteiger partial charge < -0.3 is 5.32 Å². The van der Waals surface area contributed by atoms with Crippen molar-refractivity contribution < 1.29 is 0 Å². The Bertz CT molecular complexity index is 278. The molecule has 0 heterocycles. The topological polar surface area (TPSA) is 12.0 Å². The molecule has 0 saturated carbocycles. The summed E-state index contributed by atoms with van der Waals surface area (Å²) in [6.07, 6.45) is 1.09. The van der Waals surface area contributed by atoms with E-state index in [4.69, 9.17) is 0 Å². The third kappa shape index (κ3) is 2.76. The Balaban J connectivity index is 2.75. The SMILES string of the molecule is CCc1ccccc1NC(C)C(C)C. The summed E-state index contributed by atoms with van der Waals surface area (Å²) in [6.45, 7) is 8.91. The maximum atomic E-state index is 3.56. The first-order valence-electron chi connectivity index (χ1n) is 5.49. The quantitative estimate of drug-likeness (QED) is 0.765. The lowest BCUT2D eigenvalue weighted by Crippen LogP contribution is -2.22. The van der Waals surface area contributed by atoms with Gasteiger partial charge in [0.1, 0.15) is 0 Å². The van der Waals surface area contributed by atoms with Gasteiger partial charge in [-0.25, -0.2) is 0 Å². The summed E-state index contributed by atoms with van der Waals surface area (Å²) in [7, 11) is 0. The Hall–Kier alpha value is -0.980. The Morgan fingerprint density at radius 1 is 1.14 bits per heavy atom. The van der Waals surface area contributed by atoms with Crippen LogP contribution in [0.2, 0.25) is 0 Å². The zero-order valence-corrected chi connectivity index (χ0v) is 9.67. The smallest absolute Gasteiger partial charge is 0.0374 e. The van der Waals surface area contributed by atoms with Crippen molar-refractivity contribution in [3.05, 3.63) is 29.8 Å². The van der Waals surface area contributed by atoms with Crippen molar-refractivity contribution in [3.8, 4) is 0 Å². The molecule has 14 heavy (non-hydrogen) atoms. The van der Waals surface area contributed by atoms with E-state index in [0.717, 1.165) is 6.42 Å². The average molecular weight is 191 g/mol. The molecular weight excluding hydrogens is 170 g/mol. The monoisotopic (exact) mass is 191 g/mol. The Kier molecular flexibility index (Phi) is 3.99. The van der Waals surface area contributed by atoms with Gasteiger partial charge in [0.2, 0.25) is 0 Å². The zero-order valence-electron chi connectivity index (χ0n) is 9.67. The second-order valence-electron chi connectivity index (χ2n) is 4.19. The van der Waals surface area contributed by atoms with Gasteiger partial charge in [0.15, 0.2) is 0 Å². The number of nitrogens with one attached hydrogen (secondary N) is 1. The van der Waals surface area contributed by atoms with Gasteiger partial charge in [-0.15, -0.1) is 0 Å². The first kappa shape index (κ1) is 11.1. The van der Waals surface area contributed by atoms with Crippen LogP contribution in [0.4, 0.5) is 5.69 Å². The van der Waals surface area contributed by atoms with E-state index in [0.29, 0.717) is 12.0 Å². The van der Waals surface area contributed by atoms with Crippen LogP contribution in [0.15, 0.2) is 24.3 Å². The highest BCUT2D eigenvalue weighted by molar-refractivity contribution is 5.51. The predicted octanol–water partition coefficient (Wildman–Crippen LogP) is 3.71. The number of benzene rings is 1. The van der Waals surface area contributed by atoms with Gasteiger partial charge >= 0.3 is 0 Å². The third-order valence-electron chi connectivity index (χ3n) is 2.78. The van der Waals surface area contributed by atoms with Crippen LogP contribution in [-0.2, 0) is 6.42 Å². The molecule has 1 rings (SSSR count). The van der Waals surface area contributed by atoms with Crippen LogP contribution in [0.5, 0.6) is 0 Å². The molecule has 1 atom stereocenters.